The summed E-state index contributed by atoms with van der Waals surface area (Å²) in [7, 11) is 1.65. The Morgan fingerprint density at radius 3 is 2.77 bits per heavy atom. The molecule has 0 bridgehead atoms. The summed E-state index contributed by atoms with van der Waals surface area (Å²) in [6.45, 7) is 2.27. The van der Waals surface area contributed by atoms with E-state index in [4.69, 9.17) is 4.74 Å². The van der Waals surface area contributed by atoms with E-state index in [2.05, 4.69) is 5.32 Å². The summed E-state index contributed by atoms with van der Waals surface area (Å²) in [6.07, 6.45) is 4.00. The molecule has 0 aliphatic carbocycles. The molecule has 0 amide bonds. The molecule has 1 aliphatic heterocycles. The molecule has 2 N–H and O–H groups in total. The highest BCUT2D eigenvalue weighted by atomic mass is 19.2. The summed E-state index contributed by atoms with van der Waals surface area (Å²) in [5.74, 6) is -1.78. The first-order valence-corrected chi connectivity index (χ1v) is 7.95. The summed E-state index contributed by atoms with van der Waals surface area (Å²) in [5, 5.41) is 14.5. The van der Waals surface area contributed by atoms with E-state index in [1.54, 1.807) is 7.11 Å². The Labute approximate surface area is 130 Å². The average molecular weight is 313 g/mol. The first-order chi connectivity index (χ1) is 10.6. The number of nitrogens with one attached hydrogen (secondary N) is 1. The Morgan fingerprint density at radius 2 is 2.14 bits per heavy atom. The van der Waals surface area contributed by atoms with Gasteiger partial charge in [-0.1, -0.05) is 6.07 Å². The van der Waals surface area contributed by atoms with Crippen molar-refractivity contribution in [2.75, 3.05) is 26.8 Å². The lowest BCUT2D eigenvalue weighted by atomic mass is 9.74. The van der Waals surface area contributed by atoms with E-state index in [0.717, 1.165) is 44.4 Å². The number of hydrogen-bond acceptors (Lipinski definition) is 3. The topological polar surface area (TPSA) is 41.5 Å². The fraction of sp³-hybridized carbons (Fsp3) is 0.647. The molecule has 0 radical (unpaired) electrons. The zero-order valence-electron chi connectivity index (χ0n) is 13.1. The van der Waals surface area contributed by atoms with Gasteiger partial charge in [-0.05, 0) is 56.3 Å². The molecule has 5 heteroatoms. The van der Waals surface area contributed by atoms with Crippen molar-refractivity contribution in [1.82, 2.24) is 5.32 Å². The monoisotopic (exact) mass is 313 g/mol. The molecular formula is C17H25F2NO2. The van der Waals surface area contributed by atoms with Crippen LogP contribution in [0.4, 0.5) is 8.78 Å². The third kappa shape index (κ3) is 4.03. The van der Waals surface area contributed by atoms with Crippen LogP contribution in [0, 0.1) is 17.6 Å². The number of methoxy groups -OCH3 is 1. The minimum atomic E-state index is -1.13. The Hall–Kier alpha value is -1.04. The van der Waals surface area contributed by atoms with E-state index in [-0.39, 0.29) is 5.92 Å². The van der Waals surface area contributed by atoms with Crippen molar-refractivity contribution in [1.29, 1.82) is 0 Å². The van der Waals surface area contributed by atoms with Crippen LogP contribution in [0.2, 0.25) is 0 Å². The molecule has 2 rings (SSSR count). The molecule has 0 unspecified atom stereocenters. The third-order valence-corrected chi connectivity index (χ3v) is 4.55. The van der Waals surface area contributed by atoms with Gasteiger partial charge in [0.1, 0.15) is 0 Å². The number of piperidine rings is 1. The van der Waals surface area contributed by atoms with Crippen LogP contribution in [0.25, 0.3) is 0 Å². The Kier molecular flexibility index (Phi) is 6.29. The highest BCUT2D eigenvalue weighted by Gasteiger charge is 2.38. The van der Waals surface area contributed by atoms with Crippen molar-refractivity contribution < 1.29 is 18.6 Å². The smallest absolute Gasteiger partial charge is 0.159 e. The van der Waals surface area contributed by atoms with Gasteiger partial charge in [-0.25, -0.2) is 8.78 Å². The van der Waals surface area contributed by atoms with Crippen molar-refractivity contribution >= 4 is 0 Å². The molecule has 22 heavy (non-hydrogen) atoms. The normalized spacial score (nSPS) is 21.5. The van der Waals surface area contributed by atoms with Crippen LogP contribution in [-0.2, 0) is 10.3 Å². The number of halogens is 2. The first-order valence-electron chi connectivity index (χ1n) is 7.95. The van der Waals surface area contributed by atoms with E-state index in [1.165, 1.54) is 6.07 Å². The lowest BCUT2D eigenvalue weighted by Crippen LogP contribution is -2.44. The Bertz CT molecular complexity index is 478. The van der Waals surface area contributed by atoms with E-state index >= 15 is 0 Å². The molecule has 124 valence electrons. The summed E-state index contributed by atoms with van der Waals surface area (Å²) in [6, 6.07) is 3.74. The predicted molar refractivity (Wildman–Crippen MR) is 81.6 cm³/mol. The minimum absolute atomic E-state index is 0.00801. The van der Waals surface area contributed by atoms with Gasteiger partial charge in [0.15, 0.2) is 11.6 Å². The van der Waals surface area contributed by atoms with E-state index in [1.807, 2.05) is 0 Å². The molecule has 3 nitrogen and oxygen atoms in total. The minimum Gasteiger partial charge on any atom is -0.385 e. The molecule has 0 aromatic heterocycles. The van der Waals surface area contributed by atoms with Crippen LogP contribution in [0.5, 0.6) is 0 Å². The van der Waals surface area contributed by atoms with Gasteiger partial charge in [0.05, 0.1) is 5.60 Å². The molecule has 0 spiro atoms. The lowest BCUT2D eigenvalue weighted by molar-refractivity contribution is -0.0437. The molecular weight excluding hydrogens is 288 g/mol. The number of aliphatic hydroxyl groups is 1. The SMILES string of the molecule is COCCCC[C@@](O)(c1ccc(F)c(F)c1)[C@@H]1CCCNC1. The fourth-order valence-corrected chi connectivity index (χ4v) is 3.25. The van der Waals surface area contributed by atoms with Crippen LogP contribution in [0.15, 0.2) is 18.2 Å². The van der Waals surface area contributed by atoms with E-state index < -0.39 is 17.2 Å². The van der Waals surface area contributed by atoms with Crippen molar-refractivity contribution in [2.45, 2.75) is 37.7 Å². The van der Waals surface area contributed by atoms with Crippen molar-refractivity contribution in [2.24, 2.45) is 5.92 Å². The van der Waals surface area contributed by atoms with Gasteiger partial charge in [-0.15, -0.1) is 0 Å². The largest absolute Gasteiger partial charge is 0.385 e. The van der Waals surface area contributed by atoms with Crippen LogP contribution in [-0.4, -0.2) is 31.9 Å². The van der Waals surface area contributed by atoms with Gasteiger partial charge < -0.3 is 15.2 Å². The van der Waals surface area contributed by atoms with Gasteiger partial charge in [0, 0.05) is 26.2 Å². The quantitative estimate of drug-likeness (QED) is 0.761. The molecule has 1 fully saturated rings. The standard InChI is InChI=1S/C17H25F2NO2/c1-22-10-3-2-8-17(21,14-5-4-9-20-12-14)13-6-7-15(18)16(19)11-13/h6-7,11,14,20-21H,2-5,8-10,12H2,1H3/t14-,17-/m1/s1. The van der Waals surface area contributed by atoms with Crippen LogP contribution < -0.4 is 5.32 Å². The summed E-state index contributed by atoms with van der Waals surface area (Å²) < 4.78 is 31.8. The summed E-state index contributed by atoms with van der Waals surface area (Å²) in [5.41, 5.74) is -0.659. The van der Waals surface area contributed by atoms with E-state index in [9.17, 15) is 13.9 Å². The number of ether oxygens (including phenoxy) is 1. The lowest BCUT2D eigenvalue weighted by Gasteiger charge is -2.39. The van der Waals surface area contributed by atoms with Gasteiger partial charge in [-0.2, -0.15) is 0 Å². The van der Waals surface area contributed by atoms with Crippen LogP contribution >= 0.6 is 0 Å². The third-order valence-electron chi connectivity index (χ3n) is 4.55. The number of rotatable bonds is 7. The predicted octanol–water partition coefficient (Wildman–Crippen LogP) is 2.97. The number of unbranched alkanes of at least 4 members (excludes halogenated alkanes) is 1. The highest BCUT2D eigenvalue weighted by Crippen LogP contribution is 2.38. The van der Waals surface area contributed by atoms with Crippen molar-refractivity contribution in [3.8, 4) is 0 Å². The van der Waals surface area contributed by atoms with Crippen molar-refractivity contribution in [3.05, 3.63) is 35.4 Å². The first kappa shape index (κ1) is 17.3. The Morgan fingerprint density at radius 1 is 1.32 bits per heavy atom. The van der Waals surface area contributed by atoms with E-state index in [0.29, 0.717) is 25.1 Å². The maximum absolute atomic E-state index is 13.6. The average Bonchev–Trinajstić information content (AvgIpc) is 2.55. The van der Waals surface area contributed by atoms with Crippen LogP contribution in [0.1, 0.15) is 37.7 Å². The summed E-state index contributed by atoms with van der Waals surface area (Å²) in [4.78, 5) is 0. The summed E-state index contributed by atoms with van der Waals surface area (Å²) >= 11 is 0. The van der Waals surface area contributed by atoms with Crippen LogP contribution in [0.3, 0.4) is 0 Å². The molecule has 1 saturated heterocycles. The van der Waals surface area contributed by atoms with Gasteiger partial charge in [-0.3, -0.25) is 0 Å². The maximum atomic E-state index is 13.6. The molecule has 1 aromatic carbocycles. The molecule has 1 aromatic rings. The van der Waals surface area contributed by atoms with Gasteiger partial charge in [0.2, 0.25) is 0 Å². The van der Waals surface area contributed by atoms with Gasteiger partial charge in [0.25, 0.3) is 0 Å². The zero-order chi connectivity index (χ0) is 16.0. The maximum Gasteiger partial charge on any atom is 0.159 e. The molecule has 1 heterocycles. The second-order valence-electron chi connectivity index (χ2n) is 6.05. The second-order valence-corrected chi connectivity index (χ2v) is 6.05. The Balaban J connectivity index is 2.20. The van der Waals surface area contributed by atoms with Crippen molar-refractivity contribution in [3.63, 3.8) is 0 Å². The zero-order valence-corrected chi connectivity index (χ0v) is 13.1. The fourth-order valence-electron chi connectivity index (χ4n) is 3.25. The second kappa shape index (κ2) is 7.99. The molecule has 2 atom stereocenters. The number of benzene rings is 1. The molecule has 1 aliphatic rings. The highest BCUT2D eigenvalue weighted by molar-refractivity contribution is 5.25. The van der Waals surface area contributed by atoms with Gasteiger partial charge >= 0.3 is 0 Å². The number of hydrogen-bond donors (Lipinski definition) is 2. The molecule has 0 saturated carbocycles.